The number of benzene rings is 1. The average Bonchev–Trinajstić information content (AvgIpc) is 2.34. The minimum Gasteiger partial charge on any atom is -0.494 e. The zero-order valence-corrected chi connectivity index (χ0v) is 10.0. The van der Waals surface area contributed by atoms with E-state index in [0.29, 0.717) is 0 Å². The normalized spacial score (nSPS) is 11.2. The molecule has 0 aliphatic rings. The predicted molar refractivity (Wildman–Crippen MR) is 62.1 cm³/mol. The van der Waals surface area contributed by atoms with E-state index < -0.39 is 11.8 Å². The van der Waals surface area contributed by atoms with E-state index in [-0.39, 0.29) is 22.0 Å². The zero-order valence-electron chi connectivity index (χ0n) is 9.29. The maximum Gasteiger partial charge on any atom is 0.353 e. The Kier molecular flexibility index (Phi) is 4.34. The summed E-state index contributed by atoms with van der Waals surface area (Å²) < 4.78 is 22.7. The highest BCUT2D eigenvalue weighted by atomic mass is 35.5. The largest absolute Gasteiger partial charge is 0.494 e. The lowest BCUT2D eigenvalue weighted by molar-refractivity contribution is -0.136. The minimum absolute atomic E-state index is 0.0174. The highest BCUT2D eigenvalue weighted by Crippen LogP contribution is 2.29. The Bertz CT molecular complexity index is 474. The lowest BCUT2D eigenvalue weighted by Crippen LogP contribution is -2.12. The van der Waals surface area contributed by atoms with Crippen LogP contribution < -0.4 is 10.5 Å². The molecular weight excluding hydrogens is 249 g/mol. The number of esters is 1. The van der Waals surface area contributed by atoms with Crippen molar-refractivity contribution in [1.29, 1.82) is 0 Å². The van der Waals surface area contributed by atoms with Gasteiger partial charge in [0, 0.05) is 0 Å². The molecule has 6 heteroatoms. The van der Waals surface area contributed by atoms with Gasteiger partial charge in [-0.15, -0.1) is 0 Å². The van der Waals surface area contributed by atoms with Crippen molar-refractivity contribution < 1.29 is 18.7 Å². The zero-order chi connectivity index (χ0) is 13.0. The minimum atomic E-state index is -0.711. The molecule has 0 atom stereocenters. The quantitative estimate of drug-likeness (QED) is 0.666. The van der Waals surface area contributed by atoms with Gasteiger partial charge in [0.2, 0.25) is 0 Å². The SMILES string of the molecule is COC(=O)/C(N)=C/c1ccc(OC)c(F)c1Cl. The van der Waals surface area contributed by atoms with Crippen LogP contribution in [0.5, 0.6) is 5.75 Å². The van der Waals surface area contributed by atoms with E-state index in [1.165, 1.54) is 32.4 Å². The van der Waals surface area contributed by atoms with Crippen LogP contribution in [-0.4, -0.2) is 20.2 Å². The van der Waals surface area contributed by atoms with Gasteiger partial charge in [-0.1, -0.05) is 11.6 Å². The summed E-state index contributed by atoms with van der Waals surface area (Å²) in [5.41, 5.74) is 5.53. The second-order valence-corrected chi connectivity index (χ2v) is 3.45. The van der Waals surface area contributed by atoms with Crippen molar-refractivity contribution in [2.24, 2.45) is 5.73 Å². The Labute approximate surface area is 103 Å². The molecule has 1 rings (SSSR count). The van der Waals surface area contributed by atoms with Crippen LogP contribution in [0, 0.1) is 5.82 Å². The van der Waals surface area contributed by atoms with Crippen molar-refractivity contribution in [3.63, 3.8) is 0 Å². The fourth-order valence-electron chi connectivity index (χ4n) is 1.16. The third kappa shape index (κ3) is 2.88. The molecular formula is C11H11ClFNO3. The maximum absolute atomic E-state index is 13.6. The van der Waals surface area contributed by atoms with Gasteiger partial charge in [0.25, 0.3) is 0 Å². The second-order valence-electron chi connectivity index (χ2n) is 3.08. The number of ether oxygens (including phenoxy) is 2. The van der Waals surface area contributed by atoms with Gasteiger partial charge < -0.3 is 15.2 Å². The van der Waals surface area contributed by atoms with Crippen molar-refractivity contribution >= 4 is 23.6 Å². The number of rotatable bonds is 3. The lowest BCUT2D eigenvalue weighted by atomic mass is 10.1. The summed E-state index contributed by atoms with van der Waals surface area (Å²) in [6.45, 7) is 0. The molecule has 0 aliphatic heterocycles. The highest BCUT2D eigenvalue weighted by molar-refractivity contribution is 6.32. The summed E-state index contributed by atoms with van der Waals surface area (Å²) in [6.07, 6.45) is 1.23. The van der Waals surface area contributed by atoms with Crippen LogP contribution in [0.4, 0.5) is 4.39 Å². The fourth-order valence-corrected chi connectivity index (χ4v) is 1.37. The van der Waals surface area contributed by atoms with Gasteiger partial charge in [-0.25, -0.2) is 9.18 Å². The summed E-state index contributed by atoms with van der Waals surface area (Å²) in [7, 11) is 2.52. The van der Waals surface area contributed by atoms with Gasteiger partial charge in [-0.05, 0) is 23.8 Å². The molecule has 0 spiro atoms. The number of carbonyl (C=O) groups is 1. The molecule has 92 valence electrons. The van der Waals surface area contributed by atoms with Gasteiger partial charge >= 0.3 is 5.97 Å². The van der Waals surface area contributed by atoms with Gasteiger partial charge in [-0.3, -0.25) is 0 Å². The first-order chi connectivity index (χ1) is 8.01. The predicted octanol–water partition coefficient (Wildman–Crippen LogP) is 1.96. The van der Waals surface area contributed by atoms with Crippen molar-refractivity contribution in [2.45, 2.75) is 0 Å². The first-order valence-electron chi connectivity index (χ1n) is 4.58. The van der Waals surface area contributed by atoms with E-state index in [4.69, 9.17) is 22.1 Å². The Balaban J connectivity index is 3.17. The number of hydrogen-bond donors (Lipinski definition) is 1. The molecule has 0 unspecified atom stereocenters. The van der Waals surface area contributed by atoms with Crippen LogP contribution in [0.3, 0.4) is 0 Å². The summed E-state index contributed by atoms with van der Waals surface area (Å²) in [5.74, 6) is -1.40. The van der Waals surface area contributed by atoms with E-state index in [2.05, 4.69) is 4.74 Å². The van der Waals surface area contributed by atoms with Gasteiger partial charge in [0.05, 0.1) is 19.2 Å². The Morgan fingerprint density at radius 1 is 1.47 bits per heavy atom. The number of nitrogens with two attached hydrogens (primary N) is 1. The van der Waals surface area contributed by atoms with Crippen LogP contribution in [-0.2, 0) is 9.53 Å². The standard InChI is InChI=1S/C11H11ClFNO3/c1-16-8-4-3-6(9(12)10(8)13)5-7(14)11(15)17-2/h3-5H,14H2,1-2H3/b7-5-. The topological polar surface area (TPSA) is 61.5 Å². The van der Waals surface area contributed by atoms with Crippen molar-refractivity contribution in [1.82, 2.24) is 0 Å². The van der Waals surface area contributed by atoms with Gasteiger partial charge in [0.15, 0.2) is 11.6 Å². The fraction of sp³-hybridized carbons (Fsp3) is 0.182. The molecule has 1 aromatic carbocycles. The molecule has 2 N–H and O–H groups in total. The summed E-state index contributed by atoms with van der Waals surface area (Å²) in [4.78, 5) is 11.1. The Morgan fingerprint density at radius 2 is 2.12 bits per heavy atom. The maximum atomic E-state index is 13.6. The number of methoxy groups -OCH3 is 2. The second kappa shape index (κ2) is 5.54. The monoisotopic (exact) mass is 259 g/mol. The smallest absolute Gasteiger partial charge is 0.353 e. The van der Waals surface area contributed by atoms with Crippen molar-refractivity contribution in [3.8, 4) is 5.75 Å². The van der Waals surface area contributed by atoms with Crippen LogP contribution in [0.15, 0.2) is 17.8 Å². The molecule has 0 saturated carbocycles. The number of carbonyl (C=O) groups excluding carboxylic acids is 1. The average molecular weight is 260 g/mol. The van der Waals surface area contributed by atoms with E-state index in [0.717, 1.165) is 0 Å². The molecule has 0 saturated heterocycles. The van der Waals surface area contributed by atoms with E-state index >= 15 is 0 Å². The number of halogens is 2. The molecule has 0 aromatic heterocycles. The molecule has 0 radical (unpaired) electrons. The van der Waals surface area contributed by atoms with E-state index in [1.54, 1.807) is 0 Å². The highest BCUT2D eigenvalue weighted by Gasteiger charge is 2.12. The number of hydrogen-bond acceptors (Lipinski definition) is 4. The molecule has 1 aromatic rings. The summed E-state index contributed by atoms with van der Waals surface area (Å²) in [6, 6.07) is 2.87. The van der Waals surface area contributed by atoms with Crippen LogP contribution in [0.1, 0.15) is 5.56 Å². The molecule has 0 bridgehead atoms. The van der Waals surface area contributed by atoms with Gasteiger partial charge in [0.1, 0.15) is 5.70 Å². The molecule has 0 aliphatic carbocycles. The molecule has 0 fully saturated rings. The van der Waals surface area contributed by atoms with Crippen molar-refractivity contribution in [3.05, 3.63) is 34.2 Å². The summed E-state index contributed by atoms with van der Waals surface area (Å²) in [5, 5.41) is -0.170. The first kappa shape index (κ1) is 13.3. The molecule has 0 amide bonds. The Hall–Kier alpha value is -1.75. The summed E-state index contributed by atoms with van der Waals surface area (Å²) >= 11 is 5.76. The third-order valence-electron chi connectivity index (χ3n) is 2.03. The van der Waals surface area contributed by atoms with E-state index in [9.17, 15) is 9.18 Å². The van der Waals surface area contributed by atoms with Crippen LogP contribution >= 0.6 is 11.6 Å². The van der Waals surface area contributed by atoms with Gasteiger partial charge in [-0.2, -0.15) is 0 Å². The lowest BCUT2D eigenvalue weighted by Gasteiger charge is -2.06. The molecule has 17 heavy (non-hydrogen) atoms. The van der Waals surface area contributed by atoms with Crippen molar-refractivity contribution in [2.75, 3.05) is 14.2 Å². The third-order valence-corrected chi connectivity index (χ3v) is 2.41. The molecule has 0 heterocycles. The van der Waals surface area contributed by atoms with E-state index in [1.807, 2.05) is 0 Å². The Morgan fingerprint density at radius 3 is 2.65 bits per heavy atom. The molecule has 4 nitrogen and oxygen atoms in total. The van der Waals surface area contributed by atoms with Crippen LogP contribution in [0.25, 0.3) is 6.08 Å². The van der Waals surface area contributed by atoms with Crippen LogP contribution in [0.2, 0.25) is 5.02 Å². The first-order valence-corrected chi connectivity index (χ1v) is 4.96.